The van der Waals surface area contributed by atoms with Crippen LogP contribution in [-0.4, -0.2) is 33.7 Å². The molecule has 1 atom stereocenters. The molecule has 0 saturated carbocycles. The number of aromatic nitrogens is 2. The van der Waals surface area contributed by atoms with Gasteiger partial charge >= 0.3 is 0 Å². The van der Waals surface area contributed by atoms with Crippen LogP contribution in [0.2, 0.25) is 0 Å². The summed E-state index contributed by atoms with van der Waals surface area (Å²) in [7, 11) is 0. The lowest BCUT2D eigenvalue weighted by Gasteiger charge is -2.21. The summed E-state index contributed by atoms with van der Waals surface area (Å²) in [5, 5.41) is 14.1. The number of halogens is 1. The van der Waals surface area contributed by atoms with Crippen LogP contribution in [0.3, 0.4) is 0 Å². The van der Waals surface area contributed by atoms with E-state index >= 15 is 0 Å². The molecule has 0 aromatic carbocycles. The molecule has 0 spiro atoms. The molecule has 3 rings (SSSR count). The second-order valence-corrected chi connectivity index (χ2v) is 6.19. The number of pyridine rings is 2. The van der Waals surface area contributed by atoms with E-state index in [1.165, 1.54) is 29.5 Å². The summed E-state index contributed by atoms with van der Waals surface area (Å²) in [4.78, 5) is 20.6. The van der Waals surface area contributed by atoms with Gasteiger partial charge in [0.15, 0.2) is 0 Å². The highest BCUT2D eigenvalue weighted by atomic mass is 19.1. The number of nitriles is 1. The summed E-state index contributed by atoms with van der Waals surface area (Å²) in [6.45, 7) is 4.11. The van der Waals surface area contributed by atoms with Gasteiger partial charge in [-0.1, -0.05) is 6.58 Å². The third-order valence-corrected chi connectivity index (χ3v) is 4.17. The molecule has 1 aliphatic rings. The van der Waals surface area contributed by atoms with Crippen molar-refractivity contribution < 1.29 is 13.9 Å². The van der Waals surface area contributed by atoms with Gasteiger partial charge in [0.25, 0.3) is 0 Å². The number of amides is 1. The van der Waals surface area contributed by atoms with Crippen LogP contribution in [0.1, 0.15) is 36.6 Å². The number of rotatable bonds is 7. The first kappa shape index (κ1) is 19.2. The molecular formula is C20H18FN5O2. The van der Waals surface area contributed by atoms with Gasteiger partial charge in [0.1, 0.15) is 30.2 Å². The van der Waals surface area contributed by atoms with Gasteiger partial charge in [-0.05, 0) is 30.2 Å². The molecule has 8 heteroatoms. The Balaban J connectivity index is 1.50. The Hall–Kier alpha value is -3.60. The lowest BCUT2D eigenvalue weighted by molar-refractivity contribution is -0.133. The zero-order valence-electron chi connectivity index (χ0n) is 15.1. The molecular weight excluding hydrogens is 361 g/mol. The molecule has 28 heavy (non-hydrogen) atoms. The molecule has 0 aliphatic carbocycles. The average Bonchev–Trinajstić information content (AvgIpc) is 3.21. The molecule has 0 radical (unpaired) electrons. The van der Waals surface area contributed by atoms with Gasteiger partial charge in [0, 0.05) is 37.5 Å². The summed E-state index contributed by atoms with van der Waals surface area (Å²) in [6.07, 6.45) is 5.50. The van der Waals surface area contributed by atoms with Crippen LogP contribution in [0, 0.1) is 17.1 Å². The van der Waals surface area contributed by atoms with E-state index in [4.69, 9.17) is 10.00 Å². The van der Waals surface area contributed by atoms with E-state index in [1.807, 2.05) is 6.07 Å². The van der Waals surface area contributed by atoms with Crippen LogP contribution in [0.25, 0.3) is 0 Å². The Morgan fingerprint density at radius 3 is 2.93 bits per heavy atom. The first-order chi connectivity index (χ1) is 13.6. The zero-order valence-corrected chi connectivity index (χ0v) is 15.1. The molecule has 1 unspecified atom stereocenters. The Kier molecular flexibility index (Phi) is 6.07. The topological polar surface area (TPSA) is 91.5 Å². The van der Waals surface area contributed by atoms with Crippen molar-refractivity contribution in [3.05, 3.63) is 65.9 Å². The summed E-state index contributed by atoms with van der Waals surface area (Å²) in [6, 6.07) is 7.49. The second kappa shape index (κ2) is 8.86. The third-order valence-electron chi connectivity index (χ3n) is 4.17. The standard InChI is InChI=1S/C20H18FN5O2/c1-14(13-28-18-6-5-15(11-22)12-24-18)4-7-19(27)26-17(8-10-25-26)20-16(21)3-2-9-23-20/h2-3,5-6,9-10,12,17H,1,4,7-8,13H2. The van der Waals surface area contributed by atoms with E-state index in [0.717, 1.165) is 0 Å². The first-order valence-electron chi connectivity index (χ1n) is 8.69. The minimum absolute atomic E-state index is 0.172. The summed E-state index contributed by atoms with van der Waals surface area (Å²) >= 11 is 0. The van der Waals surface area contributed by atoms with Crippen LogP contribution in [0.15, 0.2) is 53.9 Å². The van der Waals surface area contributed by atoms with Crippen LogP contribution in [0.4, 0.5) is 4.39 Å². The predicted molar refractivity (Wildman–Crippen MR) is 99.7 cm³/mol. The highest BCUT2D eigenvalue weighted by molar-refractivity contribution is 5.79. The Labute approximate surface area is 161 Å². The van der Waals surface area contributed by atoms with Gasteiger partial charge in [-0.25, -0.2) is 14.4 Å². The molecule has 2 aromatic rings. The van der Waals surface area contributed by atoms with Crippen molar-refractivity contribution in [1.29, 1.82) is 5.26 Å². The highest BCUT2D eigenvalue weighted by Crippen LogP contribution is 2.29. The lowest BCUT2D eigenvalue weighted by atomic mass is 10.1. The van der Waals surface area contributed by atoms with E-state index in [2.05, 4.69) is 21.6 Å². The normalized spacial score (nSPS) is 15.3. The number of hydrazone groups is 1. The molecule has 1 amide bonds. The Morgan fingerprint density at radius 1 is 1.36 bits per heavy atom. The van der Waals surface area contributed by atoms with E-state index in [0.29, 0.717) is 29.9 Å². The quantitative estimate of drug-likeness (QED) is 0.689. The van der Waals surface area contributed by atoms with Crippen LogP contribution >= 0.6 is 0 Å². The zero-order chi connectivity index (χ0) is 19.9. The maximum absolute atomic E-state index is 14.0. The lowest BCUT2D eigenvalue weighted by Crippen LogP contribution is -2.28. The van der Waals surface area contributed by atoms with Crippen LogP contribution in [-0.2, 0) is 4.79 Å². The van der Waals surface area contributed by atoms with Crippen molar-refractivity contribution in [2.45, 2.75) is 25.3 Å². The smallest absolute Gasteiger partial charge is 0.243 e. The SMILES string of the molecule is C=C(CCC(=O)N1N=CCC1c1ncccc1F)COc1ccc(C#N)cn1. The number of nitrogens with zero attached hydrogens (tertiary/aromatic N) is 5. The third kappa shape index (κ3) is 4.57. The predicted octanol–water partition coefficient (Wildman–Crippen LogP) is 3.16. The monoisotopic (exact) mass is 379 g/mol. The van der Waals surface area contributed by atoms with Gasteiger partial charge in [-0.15, -0.1) is 0 Å². The number of carbonyl (C=O) groups excluding carboxylic acids is 1. The molecule has 1 aliphatic heterocycles. The largest absolute Gasteiger partial charge is 0.473 e. The minimum atomic E-state index is -0.527. The van der Waals surface area contributed by atoms with Crippen molar-refractivity contribution in [2.75, 3.05) is 6.61 Å². The molecule has 142 valence electrons. The van der Waals surface area contributed by atoms with Gasteiger partial charge in [-0.3, -0.25) is 9.78 Å². The van der Waals surface area contributed by atoms with Gasteiger partial charge < -0.3 is 4.74 Å². The molecule has 0 N–H and O–H groups in total. The van der Waals surface area contributed by atoms with Crippen molar-refractivity contribution in [3.63, 3.8) is 0 Å². The molecule has 2 aromatic heterocycles. The Bertz CT molecular complexity index is 936. The summed E-state index contributed by atoms with van der Waals surface area (Å²) in [5.74, 6) is -0.314. The number of hydrogen-bond donors (Lipinski definition) is 0. The maximum atomic E-state index is 14.0. The first-order valence-corrected chi connectivity index (χ1v) is 8.69. The number of hydrogen-bond acceptors (Lipinski definition) is 6. The van der Waals surface area contributed by atoms with Crippen molar-refractivity contribution in [1.82, 2.24) is 15.0 Å². The van der Waals surface area contributed by atoms with Crippen molar-refractivity contribution in [2.24, 2.45) is 5.10 Å². The molecule has 7 nitrogen and oxygen atoms in total. The number of carbonyl (C=O) groups is 1. The van der Waals surface area contributed by atoms with Crippen LogP contribution in [0.5, 0.6) is 5.88 Å². The molecule has 0 saturated heterocycles. The second-order valence-electron chi connectivity index (χ2n) is 6.19. The maximum Gasteiger partial charge on any atom is 0.243 e. The molecule has 0 bridgehead atoms. The Morgan fingerprint density at radius 2 is 2.21 bits per heavy atom. The molecule has 0 fully saturated rings. The van der Waals surface area contributed by atoms with Crippen LogP contribution < -0.4 is 4.74 Å². The van der Waals surface area contributed by atoms with E-state index < -0.39 is 11.9 Å². The van der Waals surface area contributed by atoms with Crippen molar-refractivity contribution in [3.8, 4) is 11.9 Å². The van der Waals surface area contributed by atoms with Gasteiger partial charge in [-0.2, -0.15) is 10.4 Å². The van der Waals surface area contributed by atoms with Gasteiger partial charge in [0.05, 0.1) is 5.56 Å². The highest BCUT2D eigenvalue weighted by Gasteiger charge is 2.30. The summed E-state index contributed by atoms with van der Waals surface area (Å²) < 4.78 is 19.5. The molecule has 3 heterocycles. The van der Waals surface area contributed by atoms with E-state index in [1.54, 1.807) is 18.3 Å². The van der Waals surface area contributed by atoms with Gasteiger partial charge in [0.2, 0.25) is 11.8 Å². The minimum Gasteiger partial charge on any atom is -0.473 e. The van der Waals surface area contributed by atoms with E-state index in [9.17, 15) is 9.18 Å². The average molecular weight is 379 g/mol. The fraction of sp³-hybridized carbons (Fsp3) is 0.250. The number of ether oxygens (including phenoxy) is 1. The summed E-state index contributed by atoms with van der Waals surface area (Å²) in [5.41, 5.74) is 1.37. The van der Waals surface area contributed by atoms with Crippen molar-refractivity contribution >= 4 is 12.1 Å². The fourth-order valence-electron chi connectivity index (χ4n) is 2.70. The van der Waals surface area contributed by atoms with E-state index in [-0.39, 0.29) is 24.6 Å². The fourth-order valence-corrected chi connectivity index (χ4v) is 2.70.